The van der Waals surface area contributed by atoms with E-state index in [0.717, 1.165) is 0 Å². The van der Waals surface area contributed by atoms with Crippen LogP contribution in [0.15, 0.2) is 24.3 Å². The number of anilines is 1. The number of nitrogens with zero attached hydrogens (tertiary/aromatic N) is 1. The number of amides is 1. The van der Waals surface area contributed by atoms with Crippen LogP contribution in [0.4, 0.5) is 5.69 Å². The Kier molecular flexibility index (Phi) is 4.12. The number of ether oxygens (including phenoxy) is 1. The summed E-state index contributed by atoms with van der Waals surface area (Å²) in [6.45, 7) is 3.66. The van der Waals surface area contributed by atoms with Gasteiger partial charge in [-0.15, -0.1) is 0 Å². The van der Waals surface area contributed by atoms with Crippen LogP contribution < -0.4 is 4.90 Å². The SMILES string of the molecule is CCC(C)(OC)C(=O)N(C)c1cccc(O)c1. The van der Waals surface area contributed by atoms with Crippen molar-refractivity contribution in [2.75, 3.05) is 19.1 Å². The van der Waals surface area contributed by atoms with Crippen molar-refractivity contribution in [3.63, 3.8) is 0 Å². The van der Waals surface area contributed by atoms with Gasteiger partial charge < -0.3 is 14.7 Å². The fraction of sp³-hybridized carbons (Fsp3) is 0.462. The van der Waals surface area contributed by atoms with Crippen LogP contribution in [0.25, 0.3) is 0 Å². The number of methoxy groups -OCH3 is 1. The van der Waals surface area contributed by atoms with E-state index in [1.54, 1.807) is 38.2 Å². The zero-order chi connectivity index (χ0) is 13.1. The smallest absolute Gasteiger partial charge is 0.258 e. The van der Waals surface area contributed by atoms with E-state index in [9.17, 15) is 9.90 Å². The molecule has 94 valence electrons. The van der Waals surface area contributed by atoms with Crippen LogP contribution in [0.1, 0.15) is 20.3 Å². The van der Waals surface area contributed by atoms with Crippen molar-refractivity contribution in [3.05, 3.63) is 24.3 Å². The van der Waals surface area contributed by atoms with Crippen molar-refractivity contribution < 1.29 is 14.6 Å². The first-order chi connectivity index (χ1) is 7.94. The first-order valence-corrected chi connectivity index (χ1v) is 5.57. The minimum atomic E-state index is -0.833. The number of hydrogen-bond acceptors (Lipinski definition) is 3. The van der Waals surface area contributed by atoms with Crippen molar-refractivity contribution >= 4 is 11.6 Å². The van der Waals surface area contributed by atoms with Crippen LogP contribution in [0.2, 0.25) is 0 Å². The number of carbonyl (C=O) groups is 1. The molecule has 1 aromatic rings. The third-order valence-electron chi connectivity index (χ3n) is 3.10. The Morgan fingerprint density at radius 2 is 2.18 bits per heavy atom. The minimum Gasteiger partial charge on any atom is -0.508 e. The molecule has 1 amide bonds. The molecule has 0 fully saturated rings. The Morgan fingerprint density at radius 1 is 1.53 bits per heavy atom. The topological polar surface area (TPSA) is 49.8 Å². The van der Waals surface area contributed by atoms with E-state index in [2.05, 4.69) is 0 Å². The molecule has 0 aliphatic heterocycles. The quantitative estimate of drug-likeness (QED) is 0.873. The van der Waals surface area contributed by atoms with E-state index < -0.39 is 5.60 Å². The molecule has 0 aliphatic rings. The van der Waals surface area contributed by atoms with E-state index in [0.29, 0.717) is 12.1 Å². The summed E-state index contributed by atoms with van der Waals surface area (Å²) in [5, 5.41) is 9.39. The molecule has 0 saturated carbocycles. The summed E-state index contributed by atoms with van der Waals surface area (Å²) in [6, 6.07) is 6.58. The molecule has 1 aromatic carbocycles. The molecule has 4 nitrogen and oxygen atoms in total. The Balaban J connectivity index is 2.97. The third-order valence-corrected chi connectivity index (χ3v) is 3.10. The number of aromatic hydroxyl groups is 1. The molecule has 1 atom stereocenters. The second kappa shape index (κ2) is 5.19. The van der Waals surface area contributed by atoms with E-state index in [1.165, 1.54) is 12.0 Å². The second-order valence-electron chi connectivity index (χ2n) is 4.17. The zero-order valence-corrected chi connectivity index (χ0v) is 10.7. The lowest BCUT2D eigenvalue weighted by molar-refractivity contribution is -0.138. The van der Waals surface area contributed by atoms with E-state index in [1.807, 2.05) is 6.92 Å². The summed E-state index contributed by atoms with van der Waals surface area (Å²) in [5.41, 5.74) is -0.188. The maximum Gasteiger partial charge on any atom is 0.258 e. The van der Waals surface area contributed by atoms with Crippen molar-refractivity contribution in [1.29, 1.82) is 0 Å². The van der Waals surface area contributed by atoms with Crippen LogP contribution in [0.3, 0.4) is 0 Å². The van der Waals surface area contributed by atoms with Gasteiger partial charge in [-0.25, -0.2) is 0 Å². The monoisotopic (exact) mass is 237 g/mol. The van der Waals surface area contributed by atoms with Crippen LogP contribution in [0, 0.1) is 0 Å². The fourth-order valence-electron chi connectivity index (χ4n) is 1.56. The van der Waals surface area contributed by atoms with Gasteiger partial charge in [0.2, 0.25) is 0 Å². The molecular formula is C13H19NO3. The maximum atomic E-state index is 12.3. The highest BCUT2D eigenvalue weighted by Crippen LogP contribution is 2.24. The van der Waals surface area contributed by atoms with Crippen LogP contribution in [-0.4, -0.2) is 30.8 Å². The lowest BCUT2D eigenvalue weighted by Crippen LogP contribution is -2.46. The van der Waals surface area contributed by atoms with Gasteiger partial charge in [-0.05, 0) is 25.5 Å². The summed E-state index contributed by atoms with van der Waals surface area (Å²) in [5.74, 6) is 0.00543. The van der Waals surface area contributed by atoms with Crippen LogP contribution in [0.5, 0.6) is 5.75 Å². The number of benzene rings is 1. The van der Waals surface area contributed by atoms with E-state index >= 15 is 0 Å². The third kappa shape index (κ3) is 2.77. The highest BCUT2D eigenvalue weighted by atomic mass is 16.5. The number of hydrogen-bond donors (Lipinski definition) is 1. The van der Waals surface area contributed by atoms with E-state index in [4.69, 9.17) is 4.74 Å². The number of phenolic OH excluding ortho intramolecular Hbond substituents is 1. The normalized spacial score (nSPS) is 14.1. The van der Waals surface area contributed by atoms with Gasteiger partial charge in [0.1, 0.15) is 11.4 Å². The Hall–Kier alpha value is -1.55. The number of likely N-dealkylation sites (N-methyl/N-ethyl adjacent to an activating group) is 1. The van der Waals surface area contributed by atoms with Gasteiger partial charge in [-0.2, -0.15) is 0 Å². The summed E-state index contributed by atoms with van der Waals surface area (Å²) < 4.78 is 5.27. The molecule has 1 N–H and O–H groups in total. The molecule has 1 unspecified atom stereocenters. The highest BCUT2D eigenvalue weighted by Gasteiger charge is 2.34. The lowest BCUT2D eigenvalue weighted by atomic mass is 10.0. The average molecular weight is 237 g/mol. The van der Waals surface area contributed by atoms with Crippen molar-refractivity contribution in [2.45, 2.75) is 25.9 Å². The van der Waals surface area contributed by atoms with Gasteiger partial charge in [0.25, 0.3) is 5.91 Å². The Bertz CT molecular complexity index is 399. The summed E-state index contributed by atoms with van der Waals surface area (Å²) in [4.78, 5) is 13.8. The predicted molar refractivity (Wildman–Crippen MR) is 67.2 cm³/mol. The fourth-order valence-corrected chi connectivity index (χ4v) is 1.56. The standard InChI is InChI=1S/C13H19NO3/c1-5-13(2,17-4)12(16)14(3)10-7-6-8-11(15)9-10/h6-9,15H,5H2,1-4H3. The number of carbonyl (C=O) groups excluding carboxylic acids is 1. The largest absolute Gasteiger partial charge is 0.508 e. The van der Waals surface area contributed by atoms with E-state index in [-0.39, 0.29) is 11.7 Å². The van der Waals surface area contributed by atoms with Gasteiger partial charge in [0.15, 0.2) is 0 Å². The molecule has 0 heterocycles. The number of rotatable bonds is 4. The molecule has 0 aromatic heterocycles. The average Bonchev–Trinajstić information content (AvgIpc) is 2.36. The molecule has 0 spiro atoms. The second-order valence-corrected chi connectivity index (χ2v) is 4.17. The Labute approximate surface area is 102 Å². The van der Waals surface area contributed by atoms with Gasteiger partial charge in [0.05, 0.1) is 0 Å². The molecule has 1 rings (SSSR count). The molecule has 0 bridgehead atoms. The molecular weight excluding hydrogens is 218 g/mol. The summed E-state index contributed by atoms with van der Waals surface area (Å²) >= 11 is 0. The van der Waals surface area contributed by atoms with Gasteiger partial charge in [-0.3, -0.25) is 4.79 Å². The number of phenols is 1. The predicted octanol–water partition coefficient (Wildman–Crippen LogP) is 2.17. The first kappa shape index (κ1) is 13.5. The Morgan fingerprint density at radius 3 is 2.65 bits per heavy atom. The highest BCUT2D eigenvalue weighted by molar-refractivity contribution is 5.98. The zero-order valence-electron chi connectivity index (χ0n) is 10.7. The molecule has 4 heteroatoms. The van der Waals surface area contributed by atoms with Crippen molar-refractivity contribution in [1.82, 2.24) is 0 Å². The van der Waals surface area contributed by atoms with Crippen LogP contribution in [-0.2, 0) is 9.53 Å². The molecule has 0 radical (unpaired) electrons. The van der Waals surface area contributed by atoms with Crippen molar-refractivity contribution in [2.24, 2.45) is 0 Å². The van der Waals surface area contributed by atoms with Crippen LogP contribution >= 0.6 is 0 Å². The molecule has 0 saturated heterocycles. The van der Waals surface area contributed by atoms with Gasteiger partial charge in [0, 0.05) is 25.9 Å². The molecule has 0 aliphatic carbocycles. The maximum absolute atomic E-state index is 12.3. The van der Waals surface area contributed by atoms with Gasteiger partial charge in [-0.1, -0.05) is 13.0 Å². The summed E-state index contributed by atoms with van der Waals surface area (Å²) in [6.07, 6.45) is 0.589. The lowest BCUT2D eigenvalue weighted by Gasteiger charge is -2.30. The first-order valence-electron chi connectivity index (χ1n) is 5.57. The molecule has 17 heavy (non-hydrogen) atoms. The minimum absolute atomic E-state index is 0.131. The van der Waals surface area contributed by atoms with Gasteiger partial charge >= 0.3 is 0 Å². The van der Waals surface area contributed by atoms with Crippen molar-refractivity contribution in [3.8, 4) is 5.75 Å². The summed E-state index contributed by atoms with van der Waals surface area (Å²) in [7, 11) is 3.20.